The third kappa shape index (κ3) is 5.33. The fourth-order valence-corrected chi connectivity index (χ4v) is 9.29. The number of hydrogen-bond acceptors (Lipinski definition) is 2. The number of hydrogen-bond donors (Lipinski definition) is 0. The largest absolute Gasteiger partial charge is 0.454 e. The maximum Gasteiger partial charge on any atom is 0.159 e. The molecule has 1 aliphatic heterocycles. The maximum atomic E-state index is 7.30. The van der Waals surface area contributed by atoms with Gasteiger partial charge in [0.05, 0.1) is 5.69 Å². The molecule has 0 atom stereocenters. The summed E-state index contributed by atoms with van der Waals surface area (Å²) in [5.74, 6) is 1.66. The Kier molecular flexibility index (Phi) is 7.55. The number of para-hydroxylation sites is 2. The van der Waals surface area contributed by atoms with Crippen molar-refractivity contribution < 1.29 is 4.74 Å². The van der Waals surface area contributed by atoms with E-state index in [2.05, 4.69) is 219 Å². The number of rotatable bonds is 5. The third-order valence-electron chi connectivity index (χ3n) is 12.0. The molecular formula is C55H39NO. The minimum atomic E-state index is -0.172. The zero-order valence-corrected chi connectivity index (χ0v) is 31.9. The van der Waals surface area contributed by atoms with Crippen LogP contribution in [0, 0.1) is 0 Å². The molecule has 1 aliphatic carbocycles. The lowest BCUT2D eigenvalue weighted by Crippen LogP contribution is -2.17. The zero-order chi connectivity index (χ0) is 38.1. The van der Waals surface area contributed by atoms with Gasteiger partial charge in [-0.25, -0.2) is 0 Å². The van der Waals surface area contributed by atoms with Gasteiger partial charge in [-0.2, -0.15) is 0 Å². The van der Waals surface area contributed by atoms with E-state index in [9.17, 15) is 0 Å². The van der Waals surface area contributed by atoms with Gasteiger partial charge in [-0.05, 0) is 109 Å². The molecule has 9 aromatic carbocycles. The average Bonchev–Trinajstić information content (AvgIpc) is 3.49. The first-order chi connectivity index (χ1) is 28.0. The highest BCUT2D eigenvalue weighted by atomic mass is 16.5. The van der Waals surface area contributed by atoms with E-state index >= 15 is 0 Å². The smallest absolute Gasteiger partial charge is 0.159 e. The summed E-state index contributed by atoms with van der Waals surface area (Å²) in [5, 5.41) is 2.44. The number of benzene rings is 9. The molecule has 0 saturated heterocycles. The first kappa shape index (κ1) is 33.2. The van der Waals surface area contributed by atoms with E-state index in [0.29, 0.717) is 0 Å². The molecule has 0 unspecified atom stereocenters. The molecule has 270 valence electrons. The van der Waals surface area contributed by atoms with Crippen molar-refractivity contribution in [1.82, 2.24) is 0 Å². The molecule has 0 radical (unpaired) electrons. The molecule has 11 rings (SSSR count). The van der Waals surface area contributed by atoms with Crippen molar-refractivity contribution in [2.75, 3.05) is 4.90 Å². The van der Waals surface area contributed by atoms with Crippen molar-refractivity contribution in [2.45, 2.75) is 19.3 Å². The zero-order valence-electron chi connectivity index (χ0n) is 31.9. The van der Waals surface area contributed by atoms with Gasteiger partial charge in [0.1, 0.15) is 5.75 Å². The third-order valence-corrected chi connectivity index (χ3v) is 12.0. The minimum absolute atomic E-state index is 0.172. The fraction of sp³-hybridized carbons (Fsp3) is 0.0545. The van der Waals surface area contributed by atoms with Gasteiger partial charge in [-0.3, -0.25) is 0 Å². The lowest BCUT2D eigenvalue weighted by molar-refractivity contribution is 0.487. The quantitative estimate of drug-likeness (QED) is 0.175. The summed E-state index contributed by atoms with van der Waals surface area (Å²) in [7, 11) is 0. The van der Waals surface area contributed by atoms with Crippen LogP contribution in [0.2, 0.25) is 0 Å². The number of fused-ring (bicyclic) bond motifs is 7. The van der Waals surface area contributed by atoms with Gasteiger partial charge in [0.15, 0.2) is 5.75 Å². The van der Waals surface area contributed by atoms with Crippen LogP contribution < -0.4 is 9.64 Å². The highest BCUT2D eigenvalue weighted by molar-refractivity contribution is 6.09. The standard InChI is InChI=1S/C55H39NO/c1-55(2)49-27-11-9-22-43(49)44-31-30-41(35-50(44)55)56(42-33-39(36-16-5-3-6-17-36)32-40(34-42)37-18-7-4-8-19-37)51-28-15-26-48-47-25-14-21-38-20-13-24-46(53(38)47)45-23-10-12-29-52(45)57-54(48)51/h3-35H,1-2H3. The summed E-state index contributed by atoms with van der Waals surface area (Å²) in [6.45, 7) is 4.71. The lowest BCUT2D eigenvalue weighted by atomic mass is 9.82. The van der Waals surface area contributed by atoms with E-state index in [1.54, 1.807) is 0 Å². The Bertz CT molecular complexity index is 2950. The highest BCUT2D eigenvalue weighted by Gasteiger charge is 2.36. The molecule has 57 heavy (non-hydrogen) atoms. The monoisotopic (exact) mass is 729 g/mol. The van der Waals surface area contributed by atoms with E-state index in [4.69, 9.17) is 4.74 Å². The summed E-state index contributed by atoms with van der Waals surface area (Å²) in [5.41, 5.74) is 17.3. The Labute approximate surface area is 333 Å². The second-order valence-corrected chi connectivity index (χ2v) is 15.7. The summed E-state index contributed by atoms with van der Waals surface area (Å²) in [6, 6.07) is 72.6. The Morgan fingerprint density at radius 3 is 1.67 bits per heavy atom. The molecule has 2 heteroatoms. The van der Waals surface area contributed by atoms with E-state index in [1.807, 2.05) is 0 Å². The fourth-order valence-electron chi connectivity index (χ4n) is 9.29. The van der Waals surface area contributed by atoms with Crippen molar-refractivity contribution in [3.63, 3.8) is 0 Å². The molecule has 9 aromatic rings. The van der Waals surface area contributed by atoms with E-state index in [1.165, 1.54) is 49.7 Å². The first-order valence-electron chi connectivity index (χ1n) is 19.8. The predicted octanol–water partition coefficient (Wildman–Crippen LogP) is 15.4. The van der Waals surface area contributed by atoms with Gasteiger partial charge in [-0.1, -0.05) is 172 Å². The number of nitrogens with zero attached hydrogens (tertiary/aromatic N) is 1. The first-order valence-corrected chi connectivity index (χ1v) is 19.8. The van der Waals surface area contributed by atoms with Gasteiger partial charge in [0.2, 0.25) is 0 Å². The molecular weight excluding hydrogens is 691 g/mol. The molecule has 0 bridgehead atoms. The Balaban J connectivity index is 1.22. The number of ether oxygens (including phenoxy) is 1. The van der Waals surface area contributed by atoms with Crippen LogP contribution in [0.15, 0.2) is 200 Å². The lowest BCUT2D eigenvalue weighted by Gasteiger charge is -2.32. The number of anilines is 3. The van der Waals surface area contributed by atoms with Crippen LogP contribution in [0.4, 0.5) is 17.1 Å². The van der Waals surface area contributed by atoms with Crippen LogP contribution in [0.25, 0.3) is 66.4 Å². The summed E-state index contributed by atoms with van der Waals surface area (Å²) < 4.78 is 7.30. The van der Waals surface area contributed by atoms with Crippen LogP contribution in [0.3, 0.4) is 0 Å². The highest BCUT2D eigenvalue weighted by Crippen LogP contribution is 2.55. The summed E-state index contributed by atoms with van der Waals surface area (Å²) >= 11 is 0. The molecule has 0 amide bonds. The van der Waals surface area contributed by atoms with Crippen LogP contribution >= 0.6 is 0 Å². The average molecular weight is 730 g/mol. The van der Waals surface area contributed by atoms with Crippen molar-refractivity contribution in [3.8, 4) is 67.1 Å². The molecule has 0 saturated carbocycles. The summed E-state index contributed by atoms with van der Waals surface area (Å²) in [6.07, 6.45) is 0. The second-order valence-electron chi connectivity index (χ2n) is 15.7. The molecule has 0 fully saturated rings. The van der Waals surface area contributed by atoms with Crippen LogP contribution in [0.5, 0.6) is 11.5 Å². The van der Waals surface area contributed by atoms with E-state index < -0.39 is 0 Å². The van der Waals surface area contributed by atoms with Crippen molar-refractivity contribution in [1.29, 1.82) is 0 Å². The molecule has 0 N–H and O–H groups in total. The maximum absolute atomic E-state index is 7.30. The van der Waals surface area contributed by atoms with Crippen molar-refractivity contribution in [2.24, 2.45) is 0 Å². The van der Waals surface area contributed by atoms with Crippen LogP contribution in [0.1, 0.15) is 25.0 Å². The normalized spacial score (nSPS) is 13.0. The molecule has 2 aliphatic rings. The SMILES string of the molecule is CC1(C)c2ccccc2-c2ccc(N(c3cc(-c4ccccc4)cc(-c4ccccc4)c3)c3cccc4c3Oc3ccccc3-c3cccc5cccc-4c35)cc21. The minimum Gasteiger partial charge on any atom is -0.454 e. The Hall–Kier alpha value is -7.16. The van der Waals surface area contributed by atoms with Gasteiger partial charge in [0.25, 0.3) is 0 Å². The second kappa shape index (κ2) is 13.0. The van der Waals surface area contributed by atoms with Gasteiger partial charge in [-0.15, -0.1) is 0 Å². The molecule has 0 spiro atoms. The molecule has 0 aromatic heterocycles. The molecule has 2 nitrogen and oxygen atoms in total. The summed E-state index contributed by atoms with van der Waals surface area (Å²) in [4.78, 5) is 2.42. The van der Waals surface area contributed by atoms with Crippen molar-refractivity contribution >= 4 is 27.8 Å². The Morgan fingerprint density at radius 1 is 0.386 bits per heavy atom. The van der Waals surface area contributed by atoms with Crippen LogP contribution in [-0.4, -0.2) is 0 Å². The van der Waals surface area contributed by atoms with E-state index in [0.717, 1.165) is 56.4 Å². The topological polar surface area (TPSA) is 12.5 Å². The van der Waals surface area contributed by atoms with Gasteiger partial charge in [0, 0.05) is 27.9 Å². The Morgan fingerprint density at radius 2 is 0.947 bits per heavy atom. The van der Waals surface area contributed by atoms with Gasteiger partial charge < -0.3 is 9.64 Å². The van der Waals surface area contributed by atoms with Gasteiger partial charge >= 0.3 is 0 Å². The van der Waals surface area contributed by atoms with Crippen LogP contribution in [-0.2, 0) is 5.41 Å². The predicted molar refractivity (Wildman–Crippen MR) is 238 cm³/mol. The van der Waals surface area contributed by atoms with Crippen molar-refractivity contribution in [3.05, 3.63) is 211 Å². The molecule has 1 heterocycles. The van der Waals surface area contributed by atoms with E-state index in [-0.39, 0.29) is 5.41 Å².